The van der Waals surface area contributed by atoms with Crippen LogP contribution in [0, 0.1) is 11.8 Å². The summed E-state index contributed by atoms with van der Waals surface area (Å²) in [5, 5.41) is 21.0. The molecule has 0 atom stereocenters. The van der Waals surface area contributed by atoms with E-state index < -0.39 is 0 Å². The Morgan fingerprint density at radius 3 is 3.15 bits per heavy atom. The fourth-order valence-corrected chi connectivity index (χ4v) is 2.27. The summed E-state index contributed by atoms with van der Waals surface area (Å²) in [5.74, 6) is 6.20. The zero-order chi connectivity index (χ0) is 14.4. The molecule has 0 radical (unpaired) electrons. The third-order valence-electron chi connectivity index (χ3n) is 2.54. The number of aliphatic hydroxyl groups excluding tert-OH is 1. The van der Waals surface area contributed by atoms with Gasteiger partial charge in [-0.05, 0) is 11.4 Å². The first kappa shape index (κ1) is 14.2. The number of amides is 1. The maximum absolute atomic E-state index is 12.1. The van der Waals surface area contributed by atoms with Gasteiger partial charge in [0, 0.05) is 19.0 Å². The Labute approximate surface area is 120 Å². The third kappa shape index (κ3) is 3.44. The number of thiophene rings is 1. The predicted molar refractivity (Wildman–Crippen MR) is 75.1 cm³/mol. The lowest BCUT2D eigenvalue weighted by atomic mass is 10.2. The summed E-state index contributed by atoms with van der Waals surface area (Å²) >= 11 is 1.34. The number of aliphatic hydroxyl groups is 1. The first-order valence-electron chi connectivity index (χ1n) is 6.00. The molecule has 0 aliphatic carbocycles. The van der Waals surface area contributed by atoms with Crippen molar-refractivity contribution in [2.75, 3.05) is 6.61 Å². The van der Waals surface area contributed by atoms with E-state index in [0.717, 1.165) is 0 Å². The highest BCUT2D eigenvalue weighted by Gasteiger charge is 2.12. The van der Waals surface area contributed by atoms with Crippen molar-refractivity contribution in [3.05, 3.63) is 34.0 Å². The molecule has 6 nitrogen and oxygen atoms in total. The zero-order valence-corrected chi connectivity index (χ0v) is 11.8. The number of carbonyl (C=O) groups excluding carboxylic acids is 1. The zero-order valence-electron chi connectivity index (χ0n) is 11.0. The van der Waals surface area contributed by atoms with Crippen LogP contribution in [0.1, 0.15) is 27.5 Å². The van der Waals surface area contributed by atoms with Crippen LogP contribution in [0.5, 0.6) is 0 Å². The van der Waals surface area contributed by atoms with Gasteiger partial charge in [-0.25, -0.2) is 0 Å². The molecule has 2 heterocycles. The fraction of sp³-hybridized carbons (Fsp3) is 0.308. The summed E-state index contributed by atoms with van der Waals surface area (Å²) in [5.41, 5.74) is 0.680. The number of hydrogen-bond donors (Lipinski definition) is 2. The van der Waals surface area contributed by atoms with Gasteiger partial charge in [0.15, 0.2) is 5.82 Å². The Morgan fingerprint density at radius 2 is 2.45 bits per heavy atom. The highest BCUT2D eigenvalue weighted by molar-refractivity contribution is 7.12. The average Bonchev–Trinajstić information content (AvgIpc) is 3.05. The van der Waals surface area contributed by atoms with Gasteiger partial charge in [0.1, 0.15) is 11.2 Å². The minimum absolute atomic E-state index is 0.0187. The van der Waals surface area contributed by atoms with Crippen LogP contribution in [-0.4, -0.2) is 32.4 Å². The summed E-state index contributed by atoms with van der Waals surface area (Å²) in [6.07, 6.45) is 1.98. The number of nitrogens with zero attached hydrogens (tertiary/aromatic N) is 3. The van der Waals surface area contributed by atoms with Crippen molar-refractivity contribution >= 4 is 17.2 Å². The lowest BCUT2D eigenvalue weighted by Crippen LogP contribution is -2.24. The Morgan fingerprint density at radius 1 is 1.60 bits per heavy atom. The molecule has 2 aromatic rings. The first-order valence-corrected chi connectivity index (χ1v) is 6.88. The van der Waals surface area contributed by atoms with E-state index in [-0.39, 0.29) is 12.5 Å². The highest BCUT2D eigenvalue weighted by Crippen LogP contribution is 2.15. The van der Waals surface area contributed by atoms with Crippen molar-refractivity contribution < 1.29 is 9.90 Å². The van der Waals surface area contributed by atoms with Crippen LogP contribution in [0.25, 0.3) is 0 Å². The van der Waals surface area contributed by atoms with E-state index >= 15 is 0 Å². The van der Waals surface area contributed by atoms with Gasteiger partial charge in [0.2, 0.25) is 0 Å². The van der Waals surface area contributed by atoms with Crippen molar-refractivity contribution in [3.8, 4) is 11.8 Å². The molecule has 0 unspecified atom stereocenters. The topological polar surface area (TPSA) is 80.0 Å². The normalized spacial score (nSPS) is 9.90. The molecule has 0 spiro atoms. The van der Waals surface area contributed by atoms with E-state index in [2.05, 4.69) is 27.4 Å². The van der Waals surface area contributed by atoms with Crippen LogP contribution in [0.4, 0.5) is 0 Å². The molecule has 0 aliphatic rings. The maximum atomic E-state index is 12.1. The molecule has 20 heavy (non-hydrogen) atoms. The summed E-state index contributed by atoms with van der Waals surface area (Å²) in [6.45, 7) is 0.335. The van der Waals surface area contributed by atoms with E-state index in [1.807, 2.05) is 12.4 Å². The number of aromatic nitrogens is 3. The van der Waals surface area contributed by atoms with Crippen LogP contribution in [-0.2, 0) is 13.6 Å². The monoisotopic (exact) mass is 290 g/mol. The van der Waals surface area contributed by atoms with Crippen molar-refractivity contribution in [3.63, 3.8) is 0 Å². The molecule has 0 aliphatic heterocycles. The first-order chi connectivity index (χ1) is 9.72. The smallest absolute Gasteiger partial charge is 0.263 e. The van der Waals surface area contributed by atoms with E-state index in [9.17, 15) is 4.79 Å². The minimum atomic E-state index is -0.184. The van der Waals surface area contributed by atoms with Crippen LogP contribution in [0.2, 0.25) is 0 Å². The molecular weight excluding hydrogens is 276 g/mol. The molecule has 104 valence electrons. The molecule has 0 saturated heterocycles. The summed E-state index contributed by atoms with van der Waals surface area (Å²) in [4.78, 5) is 12.7. The summed E-state index contributed by atoms with van der Waals surface area (Å²) < 4.78 is 1.75. The Balaban J connectivity index is 2.01. The second-order valence-corrected chi connectivity index (χ2v) is 4.90. The van der Waals surface area contributed by atoms with Gasteiger partial charge < -0.3 is 15.0 Å². The molecule has 0 fully saturated rings. The number of hydrogen-bond acceptors (Lipinski definition) is 5. The number of nitrogens with one attached hydrogen (secondary N) is 1. The predicted octanol–water partition coefficient (Wildman–Crippen LogP) is 0.540. The van der Waals surface area contributed by atoms with Crippen molar-refractivity contribution in [1.82, 2.24) is 20.1 Å². The second-order valence-electron chi connectivity index (χ2n) is 3.98. The van der Waals surface area contributed by atoms with Gasteiger partial charge in [-0.15, -0.1) is 21.5 Å². The van der Waals surface area contributed by atoms with Crippen molar-refractivity contribution in [2.45, 2.75) is 13.0 Å². The lowest BCUT2D eigenvalue weighted by molar-refractivity contribution is 0.0953. The van der Waals surface area contributed by atoms with Crippen LogP contribution in [0.15, 0.2) is 17.8 Å². The van der Waals surface area contributed by atoms with E-state index in [1.54, 1.807) is 17.0 Å². The summed E-state index contributed by atoms with van der Waals surface area (Å²) in [6, 6.07) is 1.80. The van der Waals surface area contributed by atoms with Crippen molar-refractivity contribution in [2.24, 2.45) is 7.05 Å². The number of aryl methyl sites for hydroxylation is 1. The molecule has 2 rings (SSSR count). The molecule has 0 aromatic carbocycles. The summed E-state index contributed by atoms with van der Waals surface area (Å²) in [7, 11) is 1.82. The minimum Gasteiger partial charge on any atom is -0.395 e. The molecule has 0 saturated carbocycles. The number of carbonyl (C=O) groups is 1. The Bertz CT molecular complexity index is 651. The van der Waals surface area contributed by atoms with Gasteiger partial charge in [0.05, 0.1) is 13.2 Å². The van der Waals surface area contributed by atoms with Crippen LogP contribution >= 0.6 is 11.3 Å². The molecule has 0 bridgehead atoms. The van der Waals surface area contributed by atoms with Crippen LogP contribution in [0.3, 0.4) is 0 Å². The molecular formula is C13H14N4O2S. The van der Waals surface area contributed by atoms with E-state index in [4.69, 9.17) is 5.11 Å². The van der Waals surface area contributed by atoms with Gasteiger partial charge >= 0.3 is 0 Å². The Hall–Kier alpha value is -2.17. The fourth-order valence-electron chi connectivity index (χ4n) is 1.50. The van der Waals surface area contributed by atoms with Crippen molar-refractivity contribution in [1.29, 1.82) is 0 Å². The van der Waals surface area contributed by atoms with E-state index in [0.29, 0.717) is 29.2 Å². The number of rotatable bonds is 4. The molecule has 2 N–H and O–H groups in total. The Kier molecular flexibility index (Phi) is 4.87. The van der Waals surface area contributed by atoms with Gasteiger partial charge in [0.25, 0.3) is 5.91 Å². The lowest BCUT2D eigenvalue weighted by Gasteiger charge is -2.03. The second kappa shape index (κ2) is 6.84. The standard InChI is InChI=1S/C13H14N4O2S/c1-17-9-15-16-11(17)8-14-13(19)12-10(5-7-20-12)4-2-3-6-18/h5,7,9,18H,3,6,8H2,1H3,(H,14,19). The highest BCUT2D eigenvalue weighted by atomic mass is 32.1. The molecule has 7 heteroatoms. The van der Waals surface area contributed by atoms with Gasteiger partial charge in [-0.3, -0.25) is 4.79 Å². The maximum Gasteiger partial charge on any atom is 0.263 e. The third-order valence-corrected chi connectivity index (χ3v) is 3.46. The van der Waals surface area contributed by atoms with Crippen LogP contribution < -0.4 is 5.32 Å². The quantitative estimate of drug-likeness (QED) is 0.806. The van der Waals surface area contributed by atoms with E-state index in [1.165, 1.54) is 11.3 Å². The molecule has 1 amide bonds. The largest absolute Gasteiger partial charge is 0.395 e. The molecule has 2 aromatic heterocycles. The SMILES string of the molecule is Cn1cnnc1CNC(=O)c1sccc1C#CCCO. The van der Waals surface area contributed by atoms with Gasteiger partial charge in [-0.2, -0.15) is 0 Å². The van der Waals surface area contributed by atoms with Gasteiger partial charge in [-0.1, -0.05) is 11.8 Å². The average molecular weight is 290 g/mol.